The molecule has 1 N–H and O–H groups in total. The van der Waals surface area contributed by atoms with Crippen LogP contribution in [0.1, 0.15) is 18.1 Å². The van der Waals surface area contributed by atoms with Crippen molar-refractivity contribution in [3.63, 3.8) is 0 Å². The van der Waals surface area contributed by atoms with Crippen molar-refractivity contribution in [2.75, 3.05) is 6.79 Å². The van der Waals surface area contributed by atoms with Gasteiger partial charge in [0.25, 0.3) is 5.69 Å². The van der Waals surface area contributed by atoms with Gasteiger partial charge in [-0.3, -0.25) is 14.9 Å². The Labute approximate surface area is 185 Å². The molecule has 0 fully saturated rings. The second-order valence-electron chi connectivity index (χ2n) is 6.80. The van der Waals surface area contributed by atoms with Crippen LogP contribution in [0, 0.1) is 10.1 Å². The van der Waals surface area contributed by atoms with Gasteiger partial charge in [-0.15, -0.1) is 0 Å². The molecule has 0 amide bonds. The number of aromatic nitrogens is 2. The number of nitrogens with zero attached hydrogens (tertiary/aromatic N) is 3. The minimum atomic E-state index is -4.09. The van der Waals surface area contributed by atoms with Gasteiger partial charge in [0.15, 0.2) is 6.79 Å². The molecule has 12 nitrogen and oxygen atoms in total. The number of nitro groups is 1. The first-order chi connectivity index (χ1) is 15.3. The lowest BCUT2D eigenvalue weighted by molar-refractivity contribution is -0.385. The van der Waals surface area contributed by atoms with E-state index in [1.54, 1.807) is 6.07 Å². The van der Waals surface area contributed by atoms with Crippen LogP contribution in [-0.4, -0.2) is 40.9 Å². The average Bonchev–Trinajstić information content (AvgIpc) is 3.25. The van der Waals surface area contributed by atoms with Crippen molar-refractivity contribution < 1.29 is 32.3 Å². The molecule has 4 rings (SSSR count). The Morgan fingerprint density at radius 3 is 2.97 bits per heavy atom. The molecule has 1 aliphatic heterocycles. The number of rotatable bonds is 7. The molecule has 0 bridgehead atoms. The third-order valence-electron chi connectivity index (χ3n) is 4.58. The van der Waals surface area contributed by atoms with E-state index in [4.69, 9.17) is 14.2 Å². The van der Waals surface area contributed by atoms with Gasteiger partial charge in [0, 0.05) is 23.3 Å². The summed E-state index contributed by atoms with van der Waals surface area (Å²) >= 11 is 0.876. The number of sulfonamides is 1. The molecule has 168 valence electrons. The van der Waals surface area contributed by atoms with Crippen LogP contribution in [0.3, 0.4) is 0 Å². The highest BCUT2D eigenvalue weighted by Gasteiger charge is 2.27. The zero-order chi connectivity index (χ0) is 22.9. The maximum absolute atomic E-state index is 12.8. The van der Waals surface area contributed by atoms with E-state index >= 15 is 0 Å². The minimum Gasteiger partial charge on any atom is -0.467 e. The summed E-state index contributed by atoms with van der Waals surface area (Å²) in [7, 11) is -4.09. The van der Waals surface area contributed by atoms with Crippen molar-refractivity contribution in [1.29, 1.82) is 0 Å². The third kappa shape index (κ3) is 4.38. The molecule has 3 aromatic rings. The Kier molecular flexibility index (Phi) is 6.01. The Balaban J connectivity index is 1.48. The molecule has 14 heteroatoms. The van der Waals surface area contributed by atoms with Gasteiger partial charge < -0.3 is 14.2 Å². The lowest BCUT2D eigenvalue weighted by atomic mass is 10.1. The second-order valence-corrected chi connectivity index (χ2v) is 9.01. The normalized spacial score (nSPS) is 14.4. The summed E-state index contributed by atoms with van der Waals surface area (Å²) in [5.41, 5.74) is 1.15. The van der Waals surface area contributed by atoms with Crippen molar-refractivity contribution in [3.05, 3.63) is 51.6 Å². The number of carbonyl (C=O) groups excluding carboxylic acids is 1. The number of hydrogen-bond donors (Lipinski definition) is 1. The van der Waals surface area contributed by atoms with Crippen LogP contribution in [0.15, 0.2) is 35.2 Å². The summed E-state index contributed by atoms with van der Waals surface area (Å²) in [6.45, 7) is 1.05. The van der Waals surface area contributed by atoms with Crippen LogP contribution < -0.4 is 9.46 Å². The number of ether oxygens (including phenoxy) is 3. The predicted molar refractivity (Wildman–Crippen MR) is 110 cm³/mol. The molecular weight excluding hydrogens is 464 g/mol. The van der Waals surface area contributed by atoms with E-state index in [2.05, 4.69) is 13.5 Å². The zero-order valence-corrected chi connectivity index (χ0v) is 18.1. The van der Waals surface area contributed by atoms with Crippen LogP contribution >= 0.6 is 11.7 Å². The topological polar surface area (TPSA) is 160 Å². The van der Waals surface area contributed by atoms with E-state index in [1.165, 1.54) is 31.2 Å². The van der Waals surface area contributed by atoms with Crippen LogP contribution in [0.4, 0.5) is 5.69 Å². The molecule has 1 unspecified atom stereocenters. The van der Waals surface area contributed by atoms with Crippen molar-refractivity contribution in [2.24, 2.45) is 0 Å². The number of hydrogen-bond acceptors (Lipinski definition) is 11. The smallest absolute Gasteiger partial charge is 0.324 e. The Morgan fingerprint density at radius 1 is 1.38 bits per heavy atom. The van der Waals surface area contributed by atoms with E-state index in [9.17, 15) is 23.3 Å². The van der Waals surface area contributed by atoms with Gasteiger partial charge in [-0.05, 0) is 19.1 Å². The molecule has 0 saturated heterocycles. The number of nitro benzene ring substituents is 1. The maximum atomic E-state index is 12.8. The second kappa shape index (κ2) is 8.74. The SMILES string of the molecule is CC(NS(=O)(=O)c1cccc2nsnc12)C(=O)OCc1cc([N+](=O)[O-])cc2c1OCOC2. The molecule has 2 aromatic carbocycles. The highest BCUT2D eigenvalue weighted by Crippen LogP contribution is 2.33. The van der Waals surface area contributed by atoms with Gasteiger partial charge in [0.2, 0.25) is 10.0 Å². The van der Waals surface area contributed by atoms with Crippen LogP contribution in [-0.2, 0) is 37.5 Å². The van der Waals surface area contributed by atoms with Gasteiger partial charge in [0.1, 0.15) is 34.3 Å². The molecule has 32 heavy (non-hydrogen) atoms. The molecule has 0 aliphatic carbocycles. The molecule has 0 saturated carbocycles. The molecule has 2 heterocycles. The summed E-state index contributed by atoms with van der Waals surface area (Å²) < 4.78 is 51.5. The number of fused-ring (bicyclic) bond motifs is 2. The van der Waals surface area contributed by atoms with Crippen molar-refractivity contribution in [3.8, 4) is 5.75 Å². The lowest BCUT2D eigenvalue weighted by Gasteiger charge is -2.21. The van der Waals surface area contributed by atoms with Gasteiger partial charge >= 0.3 is 5.97 Å². The largest absolute Gasteiger partial charge is 0.467 e. The Bertz CT molecular complexity index is 1310. The molecule has 1 aromatic heterocycles. The molecular formula is C18H16N4O8S2. The van der Waals surface area contributed by atoms with Crippen molar-refractivity contribution in [2.45, 2.75) is 31.1 Å². The first-order valence-corrected chi connectivity index (χ1v) is 11.4. The van der Waals surface area contributed by atoms with Gasteiger partial charge in [-0.2, -0.15) is 13.5 Å². The van der Waals surface area contributed by atoms with E-state index in [-0.39, 0.29) is 41.7 Å². The number of benzene rings is 2. The quantitative estimate of drug-likeness (QED) is 0.300. The molecule has 0 spiro atoms. The van der Waals surface area contributed by atoms with Gasteiger partial charge in [-0.25, -0.2) is 8.42 Å². The van der Waals surface area contributed by atoms with Crippen molar-refractivity contribution in [1.82, 2.24) is 13.5 Å². The molecule has 1 atom stereocenters. The van der Waals surface area contributed by atoms with E-state index in [1.807, 2.05) is 0 Å². The molecule has 0 radical (unpaired) electrons. The third-order valence-corrected chi connectivity index (χ3v) is 6.69. The fourth-order valence-electron chi connectivity index (χ4n) is 3.11. The van der Waals surface area contributed by atoms with E-state index in [0.29, 0.717) is 16.8 Å². The summed E-state index contributed by atoms with van der Waals surface area (Å²) in [6, 6.07) is 5.84. The van der Waals surface area contributed by atoms with Crippen LogP contribution in [0.2, 0.25) is 0 Å². The number of non-ortho nitro benzene ring substituents is 1. The predicted octanol–water partition coefficient (Wildman–Crippen LogP) is 1.88. The fraction of sp³-hybridized carbons (Fsp3) is 0.278. The average molecular weight is 480 g/mol. The van der Waals surface area contributed by atoms with Gasteiger partial charge in [-0.1, -0.05) is 6.07 Å². The van der Waals surface area contributed by atoms with E-state index < -0.39 is 27.0 Å². The lowest BCUT2D eigenvalue weighted by Crippen LogP contribution is -2.39. The van der Waals surface area contributed by atoms with Crippen molar-refractivity contribution >= 4 is 44.4 Å². The first-order valence-electron chi connectivity index (χ1n) is 9.17. The monoisotopic (exact) mass is 480 g/mol. The fourth-order valence-corrected chi connectivity index (χ4v) is 5.07. The summed E-state index contributed by atoms with van der Waals surface area (Å²) in [5.74, 6) is -0.532. The summed E-state index contributed by atoms with van der Waals surface area (Å²) in [4.78, 5) is 22.9. The highest BCUT2D eigenvalue weighted by molar-refractivity contribution is 7.89. The first kappa shape index (κ1) is 22.0. The number of carbonyl (C=O) groups is 1. The van der Waals surface area contributed by atoms with Gasteiger partial charge in [0.05, 0.1) is 23.3 Å². The highest BCUT2D eigenvalue weighted by atomic mass is 32.2. The standard InChI is InChI=1S/C18H16N4O8S2/c1-10(21-32(26,27)15-4-2-3-14-16(15)20-31-19-14)18(23)29-8-12-6-13(22(24)25)5-11-7-28-9-30-17(11)12/h2-6,10,21H,7-9H2,1H3. The Morgan fingerprint density at radius 2 is 2.19 bits per heavy atom. The summed E-state index contributed by atoms with van der Waals surface area (Å²) in [6.07, 6.45) is 0. The number of esters is 1. The van der Waals surface area contributed by atoms with Crippen LogP contribution in [0.25, 0.3) is 11.0 Å². The maximum Gasteiger partial charge on any atom is 0.324 e. The zero-order valence-electron chi connectivity index (χ0n) is 16.5. The van der Waals surface area contributed by atoms with E-state index in [0.717, 1.165) is 11.7 Å². The summed E-state index contributed by atoms with van der Waals surface area (Å²) in [5, 5.41) is 11.2. The van der Waals surface area contributed by atoms with Crippen LogP contribution in [0.5, 0.6) is 5.75 Å². The molecule has 1 aliphatic rings. The Hall–Kier alpha value is -3.20. The number of nitrogens with one attached hydrogen (secondary N) is 1. The minimum absolute atomic E-state index is 0.0427.